The summed E-state index contributed by atoms with van der Waals surface area (Å²) in [6.45, 7) is 7.44. The Morgan fingerprint density at radius 3 is 2.36 bits per heavy atom. The van der Waals surface area contributed by atoms with Crippen molar-refractivity contribution in [1.29, 1.82) is 0 Å². The van der Waals surface area contributed by atoms with E-state index in [-0.39, 0.29) is 18.7 Å². The number of hydrogen-bond donors (Lipinski definition) is 1. The van der Waals surface area contributed by atoms with E-state index < -0.39 is 5.60 Å². The van der Waals surface area contributed by atoms with Crippen LogP contribution in [0.1, 0.15) is 34.1 Å². The molecule has 0 saturated heterocycles. The molecule has 0 heterocycles. The summed E-state index contributed by atoms with van der Waals surface area (Å²) < 4.78 is 5.17. The highest BCUT2D eigenvalue weighted by atomic mass is 16.6. The Morgan fingerprint density at radius 2 is 2.00 bits per heavy atom. The molecule has 0 radical (unpaired) electrons. The molecule has 4 heteroatoms. The first kappa shape index (κ1) is 13.2. The molecule has 1 amide bonds. The molecule has 0 aromatic rings. The summed E-state index contributed by atoms with van der Waals surface area (Å²) in [6, 6.07) is -0.00477. The van der Waals surface area contributed by atoms with Crippen LogP contribution in [0, 0.1) is 0 Å². The summed E-state index contributed by atoms with van der Waals surface area (Å²) in [5, 5.41) is 8.72. The van der Waals surface area contributed by atoms with Crippen molar-refractivity contribution in [2.45, 2.75) is 45.8 Å². The topological polar surface area (TPSA) is 49.8 Å². The van der Waals surface area contributed by atoms with Crippen LogP contribution in [0.25, 0.3) is 0 Å². The second-order valence-corrected chi connectivity index (χ2v) is 4.45. The molecule has 0 rings (SSSR count). The lowest BCUT2D eigenvalue weighted by molar-refractivity contribution is 0.0218. The lowest BCUT2D eigenvalue weighted by Crippen LogP contribution is -2.39. The fourth-order valence-corrected chi connectivity index (χ4v) is 0.894. The van der Waals surface area contributed by atoms with Crippen molar-refractivity contribution in [3.05, 3.63) is 0 Å². The lowest BCUT2D eigenvalue weighted by Gasteiger charge is -2.28. The predicted octanol–water partition coefficient (Wildman–Crippen LogP) is 1.62. The molecule has 0 fully saturated rings. The summed E-state index contributed by atoms with van der Waals surface area (Å²) in [7, 11) is 1.68. The fourth-order valence-electron chi connectivity index (χ4n) is 0.894. The summed E-state index contributed by atoms with van der Waals surface area (Å²) in [4.78, 5) is 13.0. The summed E-state index contributed by atoms with van der Waals surface area (Å²) in [6.07, 6.45) is 0.217. The van der Waals surface area contributed by atoms with Crippen molar-refractivity contribution >= 4 is 6.09 Å². The van der Waals surface area contributed by atoms with Gasteiger partial charge in [0, 0.05) is 19.7 Å². The molecular formula is C10H21NO3. The van der Waals surface area contributed by atoms with Gasteiger partial charge in [-0.3, -0.25) is 0 Å². The molecule has 0 saturated carbocycles. The van der Waals surface area contributed by atoms with Gasteiger partial charge in [0.2, 0.25) is 0 Å². The monoisotopic (exact) mass is 203 g/mol. The summed E-state index contributed by atoms with van der Waals surface area (Å²) >= 11 is 0. The van der Waals surface area contributed by atoms with Gasteiger partial charge in [-0.05, 0) is 34.1 Å². The number of carbonyl (C=O) groups is 1. The molecule has 0 aromatic heterocycles. The van der Waals surface area contributed by atoms with Crippen LogP contribution in [0.4, 0.5) is 4.79 Å². The number of amides is 1. The second kappa shape index (κ2) is 5.20. The van der Waals surface area contributed by atoms with Gasteiger partial charge in [0.05, 0.1) is 0 Å². The smallest absolute Gasteiger partial charge is 0.410 e. The van der Waals surface area contributed by atoms with Crippen molar-refractivity contribution in [2.24, 2.45) is 0 Å². The first-order valence-corrected chi connectivity index (χ1v) is 4.84. The predicted molar refractivity (Wildman–Crippen MR) is 55.2 cm³/mol. The van der Waals surface area contributed by atoms with E-state index in [0.717, 1.165) is 0 Å². The van der Waals surface area contributed by atoms with E-state index in [2.05, 4.69) is 0 Å². The van der Waals surface area contributed by atoms with Gasteiger partial charge in [0.15, 0.2) is 0 Å². The number of carbonyl (C=O) groups excluding carboxylic acids is 1. The average Bonchev–Trinajstić information content (AvgIpc) is 2.00. The quantitative estimate of drug-likeness (QED) is 0.758. The molecule has 1 N–H and O–H groups in total. The van der Waals surface area contributed by atoms with E-state index in [1.807, 2.05) is 27.7 Å². The number of aliphatic hydroxyl groups excluding tert-OH is 1. The zero-order chi connectivity index (χ0) is 11.4. The van der Waals surface area contributed by atoms with E-state index in [0.29, 0.717) is 6.42 Å². The standard InChI is InChI=1S/C10H21NO3/c1-8(6-7-12)11(5)9(13)14-10(2,3)4/h8,12H,6-7H2,1-5H3/t8-/m0/s1. The van der Waals surface area contributed by atoms with E-state index in [1.165, 1.54) is 4.90 Å². The molecule has 14 heavy (non-hydrogen) atoms. The Hall–Kier alpha value is -0.770. The number of nitrogens with zero attached hydrogens (tertiary/aromatic N) is 1. The van der Waals surface area contributed by atoms with Crippen molar-refractivity contribution in [3.63, 3.8) is 0 Å². The molecule has 1 atom stereocenters. The van der Waals surface area contributed by atoms with E-state index in [1.54, 1.807) is 7.05 Å². The molecule has 4 nitrogen and oxygen atoms in total. The van der Waals surface area contributed by atoms with Gasteiger partial charge in [-0.15, -0.1) is 0 Å². The number of aliphatic hydroxyl groups is 1. The van der Waals surface area contributed by atoms with Crippen LogP contribution in [0.2, 0.25) is 0 Å². The normalized spacial score (nSPS) is 13.6. The summed E-state index contributed by atoms with van der Waals surface area (Å²) in [5.41, 5.74) is -0.468. The second-order valence-electron chi connectivity index (χ2n) is 4.45. The van der Waals surface area contributed by atoms with Crippen LogP contribution in [-0.4, -0.2) is 41.4 Å². The zero-order valence-corrected chi connectivity index (χ0v) is 9.70. The molecule has 0 aliphatic heterocycles. The molecule has 0 spiro atoms. The minimum absolute atomic E-state index is 0.00477. The maximum absolute atomic E-state index is 11.5. The van der Waals surface area contributed by atoms with Gasteiger partial charge >= 0.3 is 6.09 Å². The largest absolute Gasteiger partial charge is 0.444 e. The van der Waals surface area contributed by atoms with Gasteiger partial charge in [-0.1, -0.05) is 0 Å². The van der Waals surface area contributed by atoms with Crippen molar-refractivity contribution in [2.75, 3.05) is 13.7 Å². The highest BCUT2D eigenvalue weighted by Crippen LogP contribution is 2.11. The van der Waals surface area contributed by atoms with Crippen molar-refractivity contribution in [3.8, 4) is 0 Å². The summed E-state index contributed by atoms with van der Waals surface area (Å²) in [5.74, 6) is 0. The zero-order valence-electron chi connectivity index (χ0n) is 9.70. The average molecular weight is 203 g/mol. The Labute approximate surface area is 85.9 Å². The maximum atomic E-state index is 11.5. The molecular weight excluding hydrogens is 182 g/mol. The van der Waals surface area contributed by atoms with Gasteiger partial charge < -0.3 is 14.7 Å². The van der Waals surface area contributed by atoms with Crippen LogP contribution in [0.5, 0.6) is 0 Å². The van der Waals surface area contributed by atoms with Gasteiger partial charge in [0.1, 0.15) is 5.60 Å². The van der Waals surface area contributed by atoms with Gasteiger partial charge in [-0.25, -0.2) is 4.79 Å². The number of hydrogen-bond acceptors (Lipinski definition) is 3. The Bertz CT molecular complexity index is 186. The van der Waals surface area contributed by atoms with Crippen LogP contribution in [0.3, 0.4) is 0 Å². The fraction of sp³-hybridized carbons (Fsp3) is 0.900. The van der Waals surface area contributed by atoms with E-state index in [4.69, 9.17) is 9.84 Å². The Morgan fingerprint density at radius 1 is 1.50 bits per heavy atom. The third-order valence-electron chi connectivity index (χ3n) is 1.89. The number of rotatable bonds is 3. The Kier molecular flexibility index (Phi) is 4.91. The van der Waals surface area contributed by atoms with Crippen LogP contribution >= 0.6 is 0 Å². The highest BCUT2D eigenvalue weighted by molar-refractivity contribution is 5.68. The molecule has 0 aromatic carbocycles. The first-order valence-electron chi connectivity index (χ1n) is 4.84. The first-order chi connectivity index (χ1) is 6.28. The molecule has 0 unspecified atom stereocenters. The number of ether oxygens (including phenoxy) is 1. The highest BCUT2D eigenvalue weighted by Gasteiger charge is 2.22. The third-order valence-corrected chi connectivity index (χ3v) is 1.89. The lowest BCUT2D eigenvalue weighted by atomic mass is 10.2. The maximum Gasteiger partial charge on any atom is 0.410 e. The molecule has 0 bridgehead atoms. The van der Waals surface area contributed by atoms with Crippen LogP contribution in [0.15, 0.2) is 0 Å². The van der Waals surface area contributed by atoms with Gasteiger partial charge in [-0.2, -0.15) is 0 Å². The van der Waals surface area contributed by atoms with Crippen LogP contribution in [-0.2, 0) is 4.74 Å². The Balaban J connectivity index is 4.12. The van der Waals surface area contributed by atoms with Crippen LogP contribution < -0.4 is 0 Å². The van der Waals surface area contributed by atoms with Crippen molar-refractivity contribution < 1.29 is 14.6 Å². The molecule has 0 aliphatic rings. The minimum Gasteiger partial charge on any atom is -0.444 e. The van der Waals surface area contributed by atoms with Gasteiger partial charge in [0.25, 0.3) is 0 Å². The molecule has 84 valence electrons. The molecule has 0 aliphatic carbocycles. The van der Waals surface area contributed by atoms with E-state index >= 15 is 0 Å². The SMILES string of the molecule is C[C@@H](CCO)N(C)C(=O)OC(C)(C)C. The van der Waals surface area contributed by atoms with E-state index in [9.17, 15) is 4.79 Å². The van der Waals surface area contributed by atoms with Crippen molar-refractivity contribution in [1.82, 2.24) is 4.90 Å². The third kappa shape index (κ3) is 5.07. The minimum atomic E-state index is -0.468.